The van der Waals surface area contributed by atoms with Crippen molar-refractivity contribution in [1.29, 1.82) is 0 Å². The fraction of sp³-hybridized carbons (Fsp3) is 0.727. The second-order valence-corrected chi connectivity index (χ2v) is 6.47. The Kier molecular flexibility index (Phi) is 3.74. The minimum atomic E-state index is -3.50. The largest absolute Gasteiger partial charge is 0.375 e. The summed E-state index contributed by atoms with van der Waals surface area (Å²) >= 11 is 0. The molecule has 1 aliphatic heterocycles. The molecule has 2 atom stereocenters. The van der Waals surface area contributed by atoms with E-state index in [0.29, 0.717) is 25.4 Å². The maximum atomic E-state index is 12.5. The molecule has 2 rings (SSSR count). The van der Waals surface area contributed by atoms with Crippen LogP contribution in [0.25, 0.3) is 0 Å². The van der Waals surface area contributed by atoms with Crippen LogP contribution in [0.15, 0.2) is 11.2 Å². The molecular weight excluding hydrogens is 254 g/mol. The minimum absolute atomic E-state index is 0.0791. The van der Waals surface area contributed by atoms with Gasteiger partial charge in [-0.2, -0.15) is 4.31 Å². The monoisotopic (exact) mass is 273 g/mol. The molecule has 102 valence electrons. The zero-order valence-electron chi connectivity index (χ0n) is 10.9. The molecule has 2 heterocycles. The third-order valence-corrected chi connectivity index (χ3v) is 4.97. The summed E-state index contributed by atoms with van der Waals surface area (Å²) in [5, 5.41) is 0.167. The molecule has 18 heavy (non-hydrogen) atoms. The number of sulfonamides is 1. The summed E-state index contributed by atoms with van der Waals surface area (Å²) in [6.07, 6.45) is 2.00. The van der Waals surface area contributed by atoms with E-state index in [4.69, 9.17) is 4.74 Å². The van der Waals surface area contributed by atoms with E-state index in [2.05, 4.69) is 9.97 Å². The lowest BCUT2D eigenvalue weighted by Crippen LogP contribution is -2.50. The molecule has 0 spiro atoms. The smallest absolute Gasteiger partial charge is 0.260 e. The fourth-order valence-corrected chi connectivity index (χ4v) is 3.61. The number of nitrogens with one attached hydrogen (secondary N) is 1. The van der Waals surface area contributed by atoms with E-state index in [1.165, 1.54) is 10.5 Å². The van der Waals surface area contributed by atoms with Crippen LogP contribution in [0.2, 0.25) is 0 Å². The van der Waals surface area contributed by atoms with Crippen LogP contribution in [0.4, 0.5) is 0 Å². The van der Waals surface area contributed by atoms with Crippen LogP contribution >= 0.6 is 0 Å². The van der Waals surface area contributed by atoms with Crippen LogP contribution in [-0.4, -0.2) is 48.0 Å². The molecule has 0 aromatic carbocycles. The number of hydrogen-bond donors (Lipinski definition) is 1. The molecule has 0 bridgehead atoms. The van der Waals surface area contributed by atoms with E-state index >= 15 is 0 Å². The molecule has 1 saturated heterocycles. The Morgan fingerprint density at radius 1 is 1.56 bits per heavy atom. The van der Waals surface area contributed by atoms with Gasteiger partial charge in [0.05, 0.1) is 18.9 Å². The highest BCUT2D eigenvalue weighted by molar-refractivity contribution is 7.89. The Bertz CT molecular complexity index is 511. The van der Waals surface area contributed by atoms with Gasteiger partial charge in [0.1, 0.15) is 5.82 Å². The number of hydrogen-bond acceptors (Lipinski definition) is 4. The van der Waals surface area contributed by atoms with Gasteiger partial charge in [-0.25, -0.2) is 13.4 Å². The van der Waals surface area contributed by atoms with Gasteiger partial charge in [0.2, 0.25) is 0 Å². The van der Waals surface area contributed by atoms with E-state index in [0.717, 1.165) is 0 Å². The van der Waals surface area contributed by atoms with Gasteiger partial charge in [0.25, 0.3) is 10.0 Å². The first-order valence-corrected chi connectivity index (χ1v) is 7.56. The van der Waals surface area contributed by atoms with Crippen LogP contribution in [0, 0.1) is 0 Å². The predicted octanol–water partition coefficient (Wildman–Crippen LogP) is 0.770. The lowest BCUT2D eigenvalue weighted by Gasteiger charge is -2.35. The molecule has 0 amide bonds. The minimum Gasteiger partial charge on any atom is -0.375 e. The second-order valence-electron chi connectivity index (χ2n) is 4.62. The number of ether oxygens (including phenoxy) is 1. The number of aromatic amines is 1. The number of morpholine rings is 1. The highest BCUT2D eigenvalue weighted by Crippen LogP contribution is 2.21. The molecule has 0 saturated carbocycles. The molecule has 1 aromatic rings. The molecule has 0 radical (unpaired) electrons. The van der Waals surface area contributed by atoms with Gasteiger partial charge in [-0.05, 0) is 13.8 Å². The molecule has 1 N–H and O–H groups in total. The molecule has 7 heteroatoms. The average molecular weight is 273 g/mol. The van der Waals surface area contributed by atoms with E-state index < -0.39 is 10.0 Å². The van der Waals surface area contributed by atoms with Crippen molar-refractivity contribution < 1.29 is 13.2 Å². The van der Waals surface area contributed by atoms with Crippen molar-refractivity contribution in [2.45, 2.75) is 44.4 Å². The lowest BCUT2D eigenvalue weighted by molar-refractivity contribution is -0.0171. The van der Waals surface area contributed by atoms with Crippen molar-refractivity contribution in [3.8, 4) is 0 Å². The highest BCUT2D eigenvalue weighted by Gasteiger charge is 2.35. The summed E-state index contributed by atoms with van der Waals surface area (Å²) in [6, 6.07) is -0.153. The summed E-state index contributed by atoms with van der Waals surface area (Å²) in [6.45, 7) is 6.45. The summed E-state index contributed by atoms with van der Waals surface area (Å²) < 4.78 is 31.9. The van der Waals surface area contributed by atoms with Gasteiger partial charge in [-0.1, -0.05) is 6.92 Å². The Morgan fingerprint density at radius 2 is 2.28 bits per heavy atom. The summed E-state index contributed by atoms with van der Waals surface area (Å²) in [7, 11) is -3.50. The summed E-state index contributed by atoms with van der Waals surface area (Å²) in [5.74, 6) is 0.683. The van der Waals surface area contributed by atoms with Gasteiger partial charge in [-0.3, -0.25) is 0 Å². The number of imidazole rings is 1. The summed E-state index contributed by atoms with van der Waals surface area (Å²) in [5.41, 5.74) is 0. The van der Waals surface area contributed by atoms with Crippen molar-refractivity contribution in [1.82, 2.24) is 14.3 Å². The number of aryl methyl sites for hydroxylation is 1. The predicted molar refractivity (Wildman–Crippen MR) is 66.7 cm³/mol. The van der Waals surface area contributed by atoms with Crippen LogP contribution in [0.5, 0.6) is 0 Å². The third kappa shape index (κ3) is 2.43. The Balaban J connectivity index is 2.29. The van der Waals surface area contributed by atoms with Crippen molar-refractivity contribution in [3.05, 3.63) is 12.0 Å². The second kappa shape index (κ2) is 4.99. The van der Waals surface area contributed by atoms with E-state index in [1.807, 2.05) is 20.8 Å². The Hall–Kier alpha value is -0.920. The van der Waals surface area contributed by atoms with E-state index in [9.17, 15) is 8.42 Å². The zero-order chi connectivity index (χ0) is 13.3. The SMILES string of the molecule is CCc1ncc(S(=O)(=O)N2CC(C)OCC2C)[nH]1. The van der Waals surface area contributed by atoms with Crippen molar-refractivity contribution >= 4 is 10.0 Å². The first-order chi connectivity index (χ1) is 8.45. The number of H-pyrrole nitrogens is 1. The van der Waals surface area contributed by atoms with E-state index in [-0.39, 0.29) is 17.2 Å². The van der Waals surface area contributed by atoms with Crippen molar-refractivity contribution in [2.75, 3.05) is 13.2 Å². The Labute approximate surface area is 107 Å². The highest BCUT2D eigenvalue weighted by atomic mass is 32.2. The Morgan fingerprint density at radius 3 is 2.89 bits per heavy atom. The maximum Gasteiger partial charge on any atom is 0.260 e. The topological polar surface area (TPSA) is 75.3 Å². The normalized spacial score (nSPS) is 26.4. The average Bonchev–Trinajstić information content (AvgIpc) is 2.81. The third-order valence-electron chi connectivity index (χ3n) is 3.08. The molecule has 1 aromatic heterocycles. The first-order valence-electron chi connectivity index (χ1n) is 6.12. The van der Waals surface area contributed by atoms with Crippen LogP contribution in [0.1, 0.15) is 26.6 Å². The van der Waals surface area contributed by atoms with Crippen molar-refractivity contribution in [2.24, 2.45) is 0 Å². The standard InChI is InChI=1S/C11H19N3O3S/c1-4-10-12-5-11(13-10)18(15,16)14-6-9(3)17-7-8(14)2/h5,8-9H,4,6-7H2,1-3H3,(H,12,13). The molecule has 6 nitrogen and oxygen atoms in total. The van der Waals surface area contributed by atoms with E-state index in [1.54, 1.807) is 0 Å². The van der Waals surface area contributed by atoms with Crippen LogP contribution in [0.3, 0.4) is 0 Å². The quantitative estimate of drug-likeness (QED) is 0.882. The fourth-order valence-electron chi connectivity index (χ4n) is 1.99. The molecular formula is C11H19N3O3S. The lowest BCUT2D eigenvalue weighted by atomic mass is 10.2. The molecule has 0 aliphatic carbocycles. The molecule has 2 unspecified atom stereocenters. The van der Waals surface area contributed by atoms with Gasteiger partial charge in [-0.15, -0.1) is 0 Å². The first kappa shape index (κ1) is 13.5. The zero-order valence-corrected chi connectivity index (χ0v) is 11.7. The van der Waals surface area contributed by atoms with Gasteiger partial charge < -0.3 is 9.72 Å². The van der Waals surface area contributed by atoms with Crippen LogP contribution < -0.4 is 0 Å². The van der Waals surface area contributed by atoms with Crippen LogP contribution in [-0.2, 0) is 21.2 Å². The van der Waals surface area contributed by atoms with Gasteiger partial charge in [0, 0.05) is 19.0 Å². The molecule has 1 fully saturated rings. The number of rotatable bonds is 3. The molecule has 1 aliphatic rings. The summed E-state index contributed by atoms with van der Waals surface area (Å²) in [4.78, 5) is 6.90. The number of aromatic nitrogens is 2. The van der Waals surface area contributed by atoms with Gasteiger partial charge in [0.15, 0.2) is 5.03 Å². The number of nitrogens with zero attached hydrogens (tertiary/aromatic N) is 2. The van der Waals surface area contributed by atoms with Crippen molar-refractivity contribution in [3.63, 3.8) is 0 Å². The maximum absolute atomic E-state index is 12.5. The van der Waals surface area contributed by atoms with Gasteiger partial charge >= 0.3 is 0 Å².